The summed E-state index contributed by atoms with van der Waals surface area (Å²) in [5.41, 5.74) is 1.02. The van der Waals surface area contributed by atoms with Gasteiger partial charge in [0.15, 0.2) is 0 Å². The number of aliphatic hydroxyl groups is 1. The maximum atomic E-state index is 12.3. The van der Waals surface area contributed by atoms with Crippen LogP contribution < -0.4 is 10.2 Å². The fourth-order valence-electron chi connectivity index (χ4n) is 2.00. The molecule has 0 aliphatic heterocycles. The third-order valence-corrected chi connectivity index (χ3v) is 3.05. The number of para-hydroxylation sites is 1. The highest BCUT2D eigenvalue weighted by Crippen LogP contribution is 2.19. The van der Waals surface area contributed by atoms with Crippen molar-refractivity contribution in [2.45, 2.75) is 39.3 Å². The Kier molecular flexibility index (Phi) is 5.70. The van der Waals surface area contributed by atoms with E-state index in [1.54, 1.807) is 38.2 Å². The summed E-state index contributed by atoms with van der Waals surface area (Å²) in [4.78, 5) is 25.1. The van der Waals surface area contributed by atoms with Crippen LogP contribution in [0.5, 0.6) is 0 Å². The van der Waals surface area contributed by atoms with Crippen molar-refractivity contribution >= 4 is 17.5 Å². The highest BCUT2D eigenvalue weighted by molar-refractivity contribution is 6.04. The molecule has 0 saturated carbocycles. The fourth-order valence-corrected chi connectivity index (χ4v) is 2.00. The monoisotopic (exact) mass is 278 g/mol. The molecule has 0 radical (unpaired) electrons. The molecule has 2 N–H and O–H groups in total. The molecule has 1 aromatic carbocycles. The lowest BCUT2D eigenvalue weighted by molar-refractivity contribution is -0.116. The van der Waals surface area contributed by atoms with E-state index in [0.717, 1.165) is 0 Å². The first-order valence-electron chi connectivity index (χ1n) is 6.65. The molecule has 0 heterocycles. The number of carbonyl (C=O) groups is 2. The van der Waals surface area contributed by atoms with Crippen LogP contribution in [0.3, 0.4) is 0 Å². The van der Waals surface area contributed by atoms with Gasteiger partial charge >= 0.3 is 0 Å². The zero-order valence-corrected chi connectivity index (χ0v) is 12.4. The number of carbonyl (C=O) groups excluding carboxylic acids is 2. The predicted octanol–water partition coefficient (Wildman–Crippen LogP) is 1.56. The number of nitrogens with zero attached hydrogens (tertiary/aromatic N) is 1. The molecule has 110 valence electrons. The number of hydrogen-bond acceptors (Lipinski definition) is 3. The molecular formula is C15H22N2O3. The van der Waals surface area contributed by atoms with Gasteiger partial charge in [0.1, 0.15) is 0 Å². The van der Waals surface area contributed by atoms with Crippen LogP contribution in [-0.2, 0) is 4.79 Å². The highest BCUT2D eigenvalue weighted by Gasteiger charge is 2.17. The van der Waals surface area contributed by atoms with Crippen molar-refractivity contribution in [3.8, 4) is 0 Å². The van der Waals surface area contributed by atoms with Crippen LogP contribution in [0.4, 0.5) is 5.69 Å². The molecular weight excluding hydrogens is 256 g/mol. The van der Waals surface area contributed by atoms with Crippen molar-refractivity contribution < 1.29 is 14.7 Å². The molecule has 2 atom stereocenters. The van der Waals surface area contributed by atoms with Crippen molar-refractivity contribution in [1.29, 1.82) is 0 Å². The average molecular weight is 278 g/mol. The van der Waals surface area contributed by atoms with E-state index in [0.29, 0.717) is 17.7 Å². The van der Waals surface area contributed by atoms with E-state index < -0.39 is 6.10 Å². The lowest BCUT2D eigenvalue weighted by Gasteiger charge is -2.20. The molecule has 5 heteroatoms. The molecule has 0 saturated heterocycles. The molecule has 20 heavy (non-hydrogen) atoms. The average Bonchev–Trinajstić information content (AvgIpc) is 2.36. The molecule has 0 aromatic heterocycles. The Morgan fingerprint density at radius 2 is 1.90 bits per heavy atom. The topological polar surface area (TPSA) is 69.6 Å². The van der Waals surface area contributed by atoms with Gasteiger partial charge in [0.25, 0.3) is 5.91 Å². The molecule has 0 aliphatic rings. The number of amides is 2. The maximum Gasteiger partial charge on any atom is 0.253 e. The number of anilines is 1. The molecule has 0 bridgehead atoms. The Morgan fingerprint density at radius 1 is 1.30 bits per heavy atom. The summed E-state index contributed by atoms with van der Waals surface area (Å²) in [7, 11) is 1.63. The van der Waals surface area contributed by atoms with Crippen molar-refractivity contribution in [2.75, 3.05) is 11.9 Å². The van der Waals surface area contributed by atoms with Gasteiger partial charge in [0, 0.05) is 20.0 Å². The highest BCUT2D eigenvalue weighted by atomic mass is 16.3. The van der Waals surface area contributed by atoms with Gasteiger partial charge in [-0.2, -0.15) is 0 Å². The Balaban J connectivity index is 2.91. The Hall–Kier alpha value is -1.88. The van der Waals surface area contributed by atoms with E-state index in [-0.39, 0.29) is 17.9 Å². The molecule has 5 nitrogen and oxygen atoms in total. The zero-order valence-electron chi connectivity index (χ0n) is 12.4. The largest absolute Gasteiger partial charge is 0.393 e. The summed E-state index contributed by atoms with van der Waals surface area (Å²) in [6, 6.07) is 6.81. The summed E-state index contributed by atoms with van der Waals surface area (Å²) in [5.74, 6) is -0.385. The molecule has 0 aliphatic carbocycles. The third-order valence-electron chi connectivity index (χ3n) is 3.05. The molecule has 2 amide bonds. The molecule has 2 unspecified atom stereocenters. The zero-order chi connectivity index (χ0) is 15.3. The normalized spacial score (nSPS) is 13.4. The van der Waals surface area contributed by atoms with E-state index in [2.05, 4.69) is 5.32 Å². The lowest BCUT2D eigenvalue weighted by atomic mass is 10.1. The second kappa shape index (κ2) is 7.05. The smallest absolute Gasteiger partial charge is 0.253 e. The van der Waals surface area contributed by atoms with Gasteiger partial charge in [-0.3, -0.25) is 9.59 Å². The SMILES string of the molecule is CC(=O)N(C)c1ccccc1C(=O)NC(C)CC(C)O. The van der Waals surface area contributed by atoms with Gasteiger partial charge in [0.05, 0.1) is 17.4 Å². The number of aliphatic hydroxyl groups excluding tert-OH is 1. The lowest BCUT2D eigenvalue weighted by Crippen LogP contribution is -2.36. The minimum absolute atomic E-state index is 0.137. The minimum Gasteiger partial charge on any atom is -0.393 e. The number of rotatable bonds is 5. The quantitative estimate of drug-likeness (QED) is 0.858. The van der Waals surface area contributed by atoms with Crippen LogP contribution in [0.1, 0.15) is 37.6 Å². The first-order valence-corrected chi connectivity index (χ1v) is 6.65. The molecule has 0 fully saturated rings. The summed E-state index contributed by atoms with van der Waals surface area (Å²) in [6.45, 7) is 4.97. The summed E-state index contributed by atoms with van der Waals surface area (Å²) in [5, 5.41) is 12.1. The first-order chi connectivity index (χ1) is 9.32. The van der Waals surface area contributed by atoms with E-state index in [4.69, 9.17) is 0 Å². The van der Waals surface area contributed by atoms with Crippen LogP contribution in [0, 0.1) is 0 Å². The van der Waals surface area contributed by atoms with Crippen LogP contribution in [0.25, 0.3) is 0 Å². The Labute approximate surface area is 119 Å². The van der Waals surface area contributed by atoms with E-state index in [9.17, 15) is 14.7 Å². The number of hydrogen-bond donors (Lipinski definition) is 2. The number of nitrogens with one attached hydrogen (secondary N) is 1. The van der Waals surface area contributed by atoms with Crippen LogP contribution in [0.2, 0.25) is 0 Å². The van der Waals surface area contributed by atoms with E-state index >= 15 is 0 Å². The molecule has 1 rings (SSSR count). The number of benzene rings is 1. The standard InChI is InChI=1S/C15H22N2O3/c1-10(9-11(2)18)16-15(20)13-7-5-6-8-14(13)17(4)12(3)19/h5-8,10-11,18H,9H2,1-4H3,(H,16,20). The van der Waals surface area contributed by atoms with Crippen LogP contribution in [-0.4, -0.2) is 36.1 Å². The van der Waals surface area contributed by atoms with Gasteiger partial charge in [-0.05, 0) is 32.4 Å². The van der Waals surface area contributed by atoms with Gasteiger partial charge in [-0.1, -0.05) is 12.1 Å². The predicted molar refractivity (Wildman–Crippen MR) is 78.8 cm³/mol. The summed E-state index contributed by atoms with van der Waals surface area (Å²) in [6.07, 6.45) is 0.0108. The van der Waals surface area contributed by atoms with Gasteiger partial charge in [-0.25, -0.2) is 0 Å². The summed E-state index contributed by atoms with van der Waals surface area (Å²) >= 11 is 0. The van der Waals surface area contributed by atoms with Crippen molar-refractivity contribution in [2.24, 2.45) is 0 Å². The second-order valence-corrected chi connectivity index (χ2v) is 5.05. The summed E-state index contributed by atoms with van der Waals surface area (Å²) < 4.78 is 0. The van der Waals surface area contributed by atoms with Crippen molar-refractivity contribution in [3.63, 3.8) is 0 Å². The van der Waals surface area contributed by atoms with Gasteiger partial charge in [0.2, 0.25) is 5.91 Å². The van der Waals surface area contributed by atoms with E-state index in [1.165, 1.54) is 11.8 Å². The minimum atomic E-state index is -0.472. The molecule has 0 spiro atoms. The Morgan fingerprint density at radius 3 is 2.45 bits per heavy atom. The first kappa shape index (κ1) is 16.2. The third kappa shape index (κ3) is 4.35. The van der Waals surface area contributed by atoms with E-state index in [1.807, 2.05) is 6.92 Å². The van der Waals surface area contributed by atoms with Gasteiger partial charge in [-0.15, -0.1) is 0 Å². The fraction of sp³-hybridized carbons (Fsp3) is 0.467. The van der Waals surface area contributed by atoms with Crippen LogP contribution in [0.15, 0.2) is 24.3 Å². The maximum absolute atomic E-state index is 12.3. The Bertz CT molecular complexity index is 486. The van der Waals surface area contributed by atoms with Gasteiger partial charge < -0.3 is 15.3 Å². The second-order valence-electron chi connectivity index (χ2n) is 5.05. The van der Waals surface area contributed by atoms with Crippen molar-refractivity contribution in [1.82, 2.24) is 5.32 Å². The van der Waals surface area contributed by atoms with Crippen LogP contribution >= 0.6 is 0 Å². The van der Waals surface area contributed by atoms with Crippen molar-refractivity contribution in [3.05, 3.63) is 29.8 Å². The molecule has 1 aromatic rings.